The number of nitro groups is 1. The van der Waals surface area contributed by atoms with Crippen molar-refractivity contribution in [3.63, 3.8) is 0 Å². The van der Waals surface area contributed by atoms with Gasteiger partial charge in [0.05, 0.1) is 10.5 Å². The van der Waals surface area contributed by atoms with Crippen LogP contribution in [0.2, 0.25) is 0 Å². The molecule has 0 radical (unpaired) electrons. The lowest BCUT2D eigenvalue weighted by Crippen LogP contribution is -2.37. The Hall–Kier alpha value is -1.98. The van der Waals surface area contributed by atoms with Gasteiger partial charge in [-0.25, -0.2) is 4.39 Å². The molecule has 6 heteroatoms. The maximum absolute atomic E-state index is 13.6. The standard InChI is InChI=1S/C14H17FN2O3/c1-9-2-4-10(5-3-9)16-14(18)12-8-11(17(19)20)6-7-13(12)15/h6-10H,2-5H2,1H3,(H,16,18). The zero-order chi connectivity index (χ0) is 14.7. The molecular weight excluding hydrogens is 263 g/mol. The van der Waals surface area contributed by atoms with Crippen molar-refractivity contribution >= 4 is 11.6 Å². The highest BCUT2D eigenvalue weighted by Crippen LogP contribution is 2.24. The van der Waals surface area contributed by atoms with Crippen LogP contribution in [-0.2, 0) is 0 Å². The second-order valence-electron chi connectivity index (χ2n) is 5.35. The quantitative estimate of drug-likeness (QED) is 0.683. The van der Waals surface area contributed by atoms with E-state index in [2.05, 4.69) is 12.2 Å². The Bertz CT molecular complexity index is 525. The second-order valence-corrected chi connectivity index (χ2v) is 5.35. The largest absolute Gasteiger partial charge is 0.349 e. The number of nitrogens with zero attached hydrogens (tertiary/aromatic N) is 1. The number of non-ortho nitro benzene ring substituents is 1. The summed E-state index contributed by atoms with van der Waals surface area (Å²) >= 11 is 0. The number of benzene rings is 1. The predicted molar refractivity (Wildman–Crippen MR) is 71.9 cm³/mol. The Morgan fingerprint density at radius 2 is 2.00 bits per heavy atom. The Labute approximate surface area is 116 Å². The third kappa shape index (κ3) is 3.31. The molecule has 1 amide bonds. The van der Waals surface area contributed by atoms with E-state index in [9.17, 15) is 19.3 Å². The average molecular weight is 280 g/mol. The monoisotopic (exact) mass is 280 g/mol. The van der Waals surface area contributed by atoms with Crippen LogP contribution < -0.4 is 5.32 Å². The summed E-state index contributed by atoms with van der Waals surface area (Å²) in [6, 6.07) is 3.01. The molecule has 0 bridgehead atoms. The number of halogens is 1. The van der Waals surface area contributed by atoms with Crippen LogP contribution in [0.25, 0.3) is 0 Å². The van der Waals surface area contributed by atoms with Gasteiger partial charge in [0.2, 0.25) is 0 Å². The fraction of sp³-hybridized carbons (Fsp3) is 0.500. The van der Waals surface area contributed by atoms with Gasteiger partial charge in [0.25, 0.3) is 11.6 Å². The van der Waals surface area contributed by atoms with E-state index in [0.717, 1.165) is 43.9 Å². The molecule has 0 spiro atoms. The van der Waals surface area contributed by atoms with Crippen LogP contribution in [0.3, 0.4) is 0 Å². The fourth-order valence-electron chi connectivity index (χ4n) is 2.47. The van der Waals surface area contributed by atoms with Crippen molar-refractivity contribution in [1.82, 2.24) is 5.32 Å². The van der Waals surface area contributed by atoms with Crippen LogP contribution in [0.4, 0.5) is 10.1 Å². The Balaban J connectivity index is 2.08. The molecule has 0 heterocycles. The lowest BCUT2D eigenvalue weighted by Gasteiger charge is -2.26. The number of carbonyl (C=O) groups is 1. The van der Waals surface area contributed by atoms with Crippen LogP contribution in [-0.4, -0.2) is 16.9 Å². The minimum Gasteiger partial charge on any atom is -0.349 e. The number of nitrogens with one attached hydrogen (secondary N) is 1. The summed E-state index contributed by atoms with van der Waals surface area (Å²) in [7, 11) is 0. The summed E-state index contributed by atoms with van der Waals surface area (Å²) in [5.74, 6) is -0.666. The van der Waals surface area contributed by atoms with Crippen LogP contribution in [0, 0.1) is 21.8 Å². The van der Waals surface area contributed by atoms with Crippen LogP contribution in [0.1, 0.15) is 43.0 Å². The highest BCUT2D eigenvalue weighted by molar-refractivity contribution is 5.95. The van der Waals surface area contributed by atoms with Crippen LogP contribution in [0.5, 0.6) is 0 Å². The number of nitro benzene ring substituents is 1. The third-order valence-corrected chi connectivity index (χ3v) is 3.76. The first-order chi connectivity index (χ1) is 9.47. The van der Waals surface area contributed by atoms with Crippen molar-refractivity contribution in [3.8, 4) is 0 Å². The van der Waals surface area contributed by atoms with E-state index in [1.807, 2.05) is 0 Å². The molecule has 1 saturated carbocycles. The van der Waals surface area contributed by atoms with Gasteiger partial charge in [-0.05, 0) is 37.7 Å². The minimum absolute atomic E-state index is 0.0253. The van der Waals surface area contributed by atoms with E-state index in [-0.39, 0.29) is 17.3 Å². The van der Waals surface area contributed by atoms with Crippen molar-refractivity contribution in [1.29, 1.82) is 0 Å². The number of amides is 1. The molecule has 0 aliphatic heterocycles. The SMILES string of the molecule is CC1CCC(NC(=O)c2cc([N+](=O)[O-])ccc2F)CC1. The van der Waals surface area contributed by atoms with E-state index >= 15 is 0 Å². The molecule has 1 aromatic carbocycles. The van der Waals surface area contributed by atoms with E-state index < -0.39 is 16.6 Å². The second kappa shape index (κ2) is 5.98. The molecule has 1 fully saturated rings. The topological polar surface area (TPSA) is 72.2 Å². The van der Waals surface area contributed by atoms with Gasteiger partial charge in [0, 0.05) is 18.2 Å². The molecule has 1 aliphatic rings. The fourth-order valence-corrected chi connectivity index (χ4v) is 2.47. The van der Waals surface area contributed by atoms with Crippen molar-refractivity contribution in [2.24, 2.45) is 5.92 Å². The third-order valence-electron chi connectivity index (χ3n) is 3.76. The summed E-state index contributed by atoms with van der Waals surface area (Å²) in [6.07, 6.45) is 3.79. The summed E-state index contributed by atoms with van der Waals surface area (Å²) in [6.45, 7) is 2.16. The maximum atomic E-state index is 13.6. The van der Waals surface area contributed by atoms with Crippen molar-refractivity contribution < 1.29 is 14.1 Å². The highest BCUT2D eigenvalue weighted by Gasteiger charge is 2.23. The van der Waals surface area contributed by atoms with Gasteiger partial charge in [-0.1, -0.05) is 6.92 Å². The molecule has 1 N–H and O–H groups in total. The zero-order valence-corrected chi connectivity index (χ0v) is 11.3. The molecule has 2 rings (SSSR count). The molecule has 1 aliphatic carbocycles. The van der Waals surface area contributed by atoms with Gasteiger partial charge in [0.1, 0.15) is 5.82 Å². The van der Waals surface area contributed by atoms with Crippen molar-refractivity contribution in [2.45, 2.75) is 38.6 Å². The molecule has 0 saturated heterocycles. The summed E-state index contributed by atoms with van der Waals surface area (Å²) in [4.78, 5) is 22.0. The number of hydrogen-bond acceptors (Lipinski definition) is 3. The first-order valence-corrected chi connectivity index (χ1v) is 6.72. The Morgan fingerprint density at radius 3 is 2.60 bits per heavy atom. The van der Waals surface area contributed by atoms with Crippen LogP contribution >= 0.6 is 0 Å². The molecule has 0 unspecified atom stereocenters. The maximum Gasteiger partial charge on any atom is 0.270 e. The number of carbonyl (C=O) groups excluding carboxylic acids is 1. The molecule has 108 valence electrons. The van der Waals surface area contributed by atoms with Gasteiger partial charge in [0.15, 0.2) is 0 Å². The first kappa shape index (κ1) is 14.4. The highest BCUT2D eigenvalue weighted by atomic mass is 19.1. The number of rotatable bonds is 3. The average Bonchev–Trinajstić information content (AvgIpc) is 2.41. The van der Waals surface area contributed by atoms with E-state index in [0.29, 0.717) is 5.92 Å². The summed E-state index contributed by atoms with van der Waals surface area (Å²) in [5, 5.41) is 13.4. The van der Waals surface area contributed by atoms with Gasteiger partial charge in [-0.3, -0.25) is 14.9 Å². The van der Waals surface area contributed by atoms with Gasteiger partial charge in [-0.2, -0.15) is 0 Å². The number of hydrogen-bond donors (Lipinski definition) is 1. The minimum atomic E-state index is -0.739. The molecule has 20 heavy (non-hydrogen) atoms. The predicted octanol–water partition coefficient (Wildman–Crippen LogP) is 3.04. The van der Waals surface area contributed by atoms with Gasteiger partial charge < -0.3 is 5.32 Å². The molecule has 0 aromatic heterocycles. The van der Waals surface area contributed by atoms with Gasteiger partial charge >= 0.3 is 0 Å². The Kier molecular flexibility index (Phi) is 4.32. The molecule has 1 aromatic rings. The van der Waals surface area contributed by atoms with E-state index in [1.54, 1.807) is 0 Å². The van der Waals surface area contributed by atoms with Crippen molar-refractivity contribution in [2.75, 3.05) is 0 Å². The first-order valence-electron chi connectivity index (χ1n) is 6.72. The molecule has 0 atom stereocenters. The smallest absolute Gasteiger partial charge is 0.270 e. The van der Waals surface area contributed by atoms with Crippen molar-refractivity contribution in [3.05, 3.63) is 39.7 Å². The van der Waals surface area contributed by atoms with E-state index in [4.69, 9.17) is 0 Å². The normalized spacial score (nSPS) is 22.3. The summed E-state index contributed by atoms with van der Waals surface area (Å²) in [5.41, 5.74) is -0.549. The van der Waals surface area contributed by atoms with Crippen LogP contribution in [0.15, 0.2) is 18.2 Å². The molecular formula is C14H17FN2O3. The lowest BCUT2D eigenvalue weighted by molar-refractivity contribution is -0.384. The Morgan fingerprint density at radius 1 is 1.35 bits per heavy atom. The summed E-state index contributed by atoms with van der Waals surface area (Å²) < 4.78 is 13.6. The zero-order valence-electron chi connectivity index (χ0n) is 11.3. The van der Waals surface area contributed by atoms with Gasteiger partial charge in [-0.15, -0.1) is 0 Å². The van der Waals surface area contributed by atoms with E-state index in [1.165, 1.54) is 0 Å². The molecule has 5 nitrogen and oxygen atoms in total. The lowest BCUT2D eigenvalue weighted by atomic mass is 9.87.